The zero-order valence-electron chi connectivity index (χ0n) is 12.5. The van der Waals surface area contributed by atoms with Gasteiger partial charge in [0.15, 0.2) is 5.75 Å². The van der Waals surface area contributed by atoms with Crippen LogP contribution in [0.1, 0.15) is 30.9 Å². The van der Waals surface area contributed by atoms with Crippen molar-refractivity contribution in [3.05, 3.63) is 33.4 Å². The molecule has 0 amide bonds. The highest BCUT2D eigenvalue weighted by Gasteiger charge is 2.43. The maximum absolute atomic E-state index is 11.2. The molecule has 3 atom stereocenters. The van der Waals surface area contributed by atoms with Crippen LogP contribution in [0.2, 0.25) is 0 Å². The van der Waals surface area contributed by atoms with Gasteiger partial charge >= 0.3 is 5.69 Å². The van der Waals surface area contributed by atoms with Crippen molar-refractivity contribution in [2.24, 2.45) is 0 Å². The first kappa shape index (κ1) is 16.0. The summed E-state index contributed by atoms with van der Waals surface area (Å²) in [5.41, 5.74) is 1.60. The number of benzene rings is 1. The molecule has 2 rings (SSSR count). The normalized spacial score (nSPS) is 24.5. The predicted molar refractivity (Wildman–Crippen MR) is 81.3 cm³/mol. The molecule has 0 bridgehead atoms. The summed E-state index contributed by atoms with van der Waals surface area (Å²) in [5, 5.41) is 11.1. The minimum absolute atomic E-state index is 0.000219. The third kappa shape index (κ3) is 3.47. The molecule has 6 heteroatoms. The number of nitrogens with zero attached hydrogens (tertiary/aromatic N) is 1. The number of ether oxygens (including phenoxy) is 2. The van der Waals surface area contributed by atoms with E-state index in [1.807, 2.05) is 26.8 Å². The van der Waals surface area contributed by atoms with Gasteiger partial charge in [0.25, 0.3) is 0 Å². The van der Waals surface area contributed by atoms with Crippen LogP contribution in [-0.2, 0) is 4.74 Å². The van der Waals surface area contributed by atoms with E-state index < -0.39 is 4.92 Å². The number of nitro groups is 1. The van der Waals surface area contributed by atoms with E-state index in [1.165, 1.54) is 6.07 Å². The fourth-order valence-corrected chi connectivity index (χ4v) is 2.89. The molecule has 5 nitrogen and oxygen atoms in total. The second-order valence-electron chi connectivity index (χ2n) is 5.43. The first-order valence-corrected chi connectivity index (χ1v) is 7.55. The molecule has 1 aliphatic rings. The molecule has 1 aromatic rings. The average molecular weight is 314 g/mol. The minimum Gasteiger partial charge on any atom is -0.480 e. The molecule has 0 aromatic heterocycles. The zero-order chi connectivity index (χ0) is 15.6. The summed E-state index contributed by atoms with van der Waals surface area (Å²) >= 11 is 6.14. The average Bonchev–Trinajstić information content (AvgIpc) is 2.40. The molecule has 0 spiro atoms. The summed E-state index contributed by atoms with van der Waals surface area (Å²) in [4.78, 5) is 10.8. The summed E-state index contributed by atoms with van der Waals surface area (Å²) in [6.07, 6.45) is 1.11. The molecule has 21 heavy (non-hydrogen) atoms. The second-order valence-corrected chi connectivity index (χ2v) is 5.99. The van der Waals surface area contributed by atoms with Crippen molar-refractivity contribution < 1.29 is 14.4 Å². The van der Waals surface area contributed by atoms with Crippen molar-refractivity contribution in [1.82, 2.24) is 0 Å². The van der Waals surface area contributed by atoms with Crippen LogP contribution in [-0.4, -0.2) is 29.1 Å². The molecular formula is C15H20ClNO4. The number of alkyl halides is 1. The molecule has 0 radical (unpaired) electrons. The lowest BCUT2D eigenvalue weighted by Crippen LogP contribution is -2.52. The topological polar surface area (TPSA) is 61.6 Å². The molecule has 1 aliphatic carbocycles. The molecule has 0 N–H and O–H groups in total. The van der Waals surface area contributed by atoms with Crippen molar-refractivity contribution in [2.45, 2.75) is 51.2 Å². The van der Waals surface area contributed by atoms with Crippen LogP contribution in [0.4, 0.5) is 5.69 Å². The number of rotatable bonds is 6. The number of hydrogen-bond acceptors (Lipinski definition) is 4. The van der Waals surface area contributed by atoms with E-state index >= 15 is 0 Å². The quantitative estimate of drug-likeness (QED) is 0.455. The fraction of sp³-hybridized carbons (Fsp3) is 0.600. The number of aryl methyl sites for hydroxylation is 2. The summed E-state index contributed by atoms with van der Waals surface area (Å²) in [6.45, 7) is 6.28. The van der Waals surface area contributed by atoms with Gasteiger partial charge in [-0.3, -0.25) is 10.1 Å². The Morgan fingerprint density at radius 2 is 2.14 bits per heavy atom. The number of halogens is 1. The third-order valence-corrected chi connectivity index (χ3v) is 3.99. The lowest BCUT2D eigenvalue weighted by atomic mass is 9.90. The molecule has 0 heterocycles. The Kier molecular flexibility index (Phi) is 5.06. The maximum Gasteiger partial charge on any atom is 0.311 e. The van der Waals surface area contributed by atoms with E-state index in [0.29, 0.717) is 18.8 Å². The zero-order valence-corrected chi connectivity index (χ0v) is 13.2. The van der Waals surface area contributed by atoms with Gasteiger partial charge < -0.3 is 9.47 Å². The van der Waals surface area contributed by atoms with Gasteiger partial charge in [-0.15, -0.1) is 11.6 Å². The van der Waals surface area contributed by atoms with Gasteiger partial charge in [-0.05, 0) is 31.4 Å². The van der Waals surface area contributed by atoms with Crippen molar-refractivity contribution in [1.29, 1.82) is 0 Å². The van der Waals surface area contributed by atoms with E-state index in [1.54, 1.807) is 0 Å². The summed E-state index contributed by atoms with van der Waals surface area (Å²) in [5.74, 6) is 0.323. The fourth-order valence-electron chi connectivity index (χ4n) is 2.48. The Morgan fingerprint density at radius 3 is 2.71 bits per heavy atom. The molecular weight excluding hydrogens is 294 g/mol. The van der Waals surface area contributed by atoms with E-state index in [4.69, 9.17) is 21.1 Å². The SMILES string of the molecule is CCCOC1C(Cl)CC1Oc1c(C)cc(C)cc1[N+](=O)[O-]. The van der Waals surface area contributed by atoms with Gasteiger partial charge in [-0.1, -0.05) is 13.0 Å². The van der Waals surface area contributed by atoms with E-state index in [-0.39, 0.29) is 23.3 Å². The summed E-state index contributed by atoms with van der Waals surface area (Å²) < 4.78 is 11.5. The van der Waals surface area contributed by atoms with E-state index in [2.05, 4.69) is 0 Å². The van der Waals surface area contributed by atoms with Crippen LogP contribution in [0.25, 0.3) is 0 Å². The van der Waals surface area contributed by atoms with Crippen molar-refractivity contribution in [3.63, 3.8) is 0 Å². The van der Waals surface area contributed by atoms with Gasteiger partial charge in [-0.25, -0.2) is 0 Å². The largest absolute Gasteiger partial charge is 0.480 e. The summed E-state index contributed by atoms with van der Waals surface area (Å²) in [7, 11) is 0. The van der Waals surface area contributed by atoms with Crippen LogP contribution in [0.5, 0.6) is 5.75 Å². The molecule has 0 saturated heterocycles. The van der Waals surface area contributed by atoms with Gasteiger partial charge in [0.1, 0.15) is 12.2 Å². The Hall–Kier alpha value is -1.33. The maximum atomic E-state index is 11.2. The van der Waals surface area contributed by atoms with Crippen molar-refractivity contribution in [3.8, 4) is 5.75 Å². The Balaban J connectivity index is 2.18. The van der Waals surface area contributed by atoms with Crippen LogP contribution < -0.4 is 4.74 Å². The van der Waals surface area contributed by atoms with Gasteiger partial charge in [0.2, 0.25) is 0 Å². The van der Waals surface area contributed by atoms with E-state index in [0.717, 1.165) is 17.5 Å². The molecule has 1 aromatic carbocycles. The summed E-state index contributed by atoms with van der Waals surface area (Å²) in [6, 6.07) is 3.40. The molecule has 1 saturated carbocycles. The Morgan fingerprint density at radius 1 is 1.43 bits per heavy atom. The third-order valence-electron chi connectivity index (χ3n) is 3.56. The molecule has 1 fully saturated rings. The predicted octanol–water partition coefficient (Wildman–Crippen LogP) is 3.77. The van der Waals surface area contributed by atoms with Crippen molar-refractivity contribution in [2.75, 3.05) is 6.61 Å². The van der Waals surface area contributed by atoms with Crippen molar-refractivity contribution >= 4 is 17.3 Å². The smallest absolute Gasteiger partial charge is 0.311 e. The molecule has 3 unspecified atom stereocenters. The first-order chi connectivity index (χ1) is 9.93. The van der Waals surface area contributed by atoms with Gasteiger partial charge in [0, 0.05) is 19.1 Å². The number of hydrogen-bond donors (Lipinski definition) is 0. The van der Waals surface area contributed by atoms with Crippen LogP contribution in [0.3, 0.4) is 0 Å². The monoisotopic (exact) mass is 313 g/mol. The standard InChI is InChI=1S/C15H20ClNO4/c1-4-5-20-15-11(16)8-13(15)21-14-10(3)6-9(2)7-12(14)17(18)19/h6-7,11,13,15H,4-5,8H2,1-3H3. The first-order valence-electron chi connectivity index (χ1n) is 7.12. The molecule has 116 valence electrons. The van der Waals surface area contributed by atoms with Crippen LogP contribution >= 0.6 is 11.6 Å². The Labute approximate surface area is 129 Å². The van der Waals surface area contributed by atoms with Crippen LogP contribution in [0.15, 0.2) is 12.1 Å². The second kappa shape index (κ2) is 6.62. The van der Waals surface area contributed by atoms with Crippen LogP contribution in [0, 0.1) is 24.0 Å². The highest BCUT2D eigenvalue weighted by molar-refractivity contribution is 6.21. The van der Waals surface area contributed by atoms with E-state index in [9.17, 15) is 10.1 Å². The van der Waals surface area contributed by atoms with Gasteiger partial charge in [-0.2, -0.15) is 0 Å². The lowest BCUT2D eigenvalue weighted by Gasteiger charge is -2.40. The highest BCUT2D eigenvalue weighted by Crippen LogP contribution is 2.38. The highest BCUT2D eigenvalue weighted by atomic mass is 35.5. The minimum atomic E-state index is -0.409. The number of nitro benzene ring substituents is 1. The van der Waals surface area contributed by atoms with Gasteiger partial charge in [0.05, 0.1) is 10.3 Å². The molecule has 0 aliphatic heterocycles. The lowest BCUT2D eigenvalue weighted by molar-refractivity contribution is -0.386. The Bertz CT molecular complexity index is 535.